The number of nitrogen functional groups attached to an aromatic ring is 1. The number of rotatable bonds is 2. The van der Waals surface area contributed by atoms with Crippen LogP contribution in [-0.4, -0.2) is 42.9 Å². The van der Waals surface area contributed by atoms with Gasteiger partial charge in [0.1, 0.15) is 11.8 Å². The normalized spacial score (nSPS) is 29.9. The highest BCUT2D eigenvalue weighted by atomic mass is 19.1. The molecule has 4 atom stereocenters. The third-order valence-electron chi connectivity index (χ3n) is 3.44. The molecule has 1 fully saturated rings. The minimum Gasteiger partial charge on any atom is -0.479 e. The van der Waals surface area contributed by atoms with Crippen LogP contribution >= 0.6 is 0 Å². The van der Waals surface area contributed by atoms with Gasteiger partial charge in [0.2, 0.25) is 0 Å². The number of carboxylic acid groups (broad SMARTS) is 1. The van der Waals surface area contributed by atoms with Crippen LogP contribution in [-0.2, 0) is 9.53 Å². The third-order valence-corrected chi connectivity index (χ3v) is 3.44. The summed E-state index contributed by atoms with van der Waals surface area (Å²) >= 11 is 0. The average Bonchev–Trinajstić information content (AvgIpc) is 2.94. The Morgan fingerprint density at radius 1 is 1.50 bits per heavy atom. The Bertz CT molecular complexity index is 675. The zero-order chi connectivity index (χ0) is 14.4. The van der Waals surface area contributed by atoms with Crippen LogP contribution in [0.4, 0.5) is 10.2 Å². The number of imidazole rings is 1. The van der Waals surface area contributed by atoms with Gasteiger partial charge >= 0.3 is 5.97 Å². The highest BCUT2D eigenvalue weighted by molar-refractivity contribution is 5.81. The van der Waals surface area contributed by atoms with Crippen molar-refractivity contribution in [3.63, 3.8) is 0 Å². The molecule has 1 saturated heterocycles. The molecular formula is C11H12FN5O3. The Labute approximate surface area is 112 Å². The van der Waals surface area contributed by atoms with Crippen molar-refractivity contribution in [2.45, 2.75) is 25.4 Å². The van der Waals surface area contributed by atoms with Crippen molar-refractivity contribution in [1.29, 1.82) is 0 Å². The van der Waals surface area contributed by atoms with Crippen molar-refractivity contribution in [3.05, 3.63) is 12.7 Å². The average molecular weight is 281 g/mol. The van der Waals surface area contributed by atoms with Gasteiger partial charge in [-0.2, -0.15) is 0 Å². The van der Waals surface area contributed by atoms with Gasteiger partial charge in [0, 0.05) is 5.92 Å². The molecule has 0 spiro atoms. The summed E-state index contributed by atoms with van der Waals surface area (Å²) in [6.07, 6.45) is -1.22. The van der Waals surface area contributed by atoms with Crippen molar-refractivity contribution in [1.82, 2.24) is 19.5 Å². The second-order valence-corrected chi connectivity index (χ2v) is 4.67. The fourth-order valence-corrected chi connectivity index (χ4v) is 2.33. The van der Waals surface area contributed by atoms with E-state index in [0.717, 1.165) is 0 Å². The van der Waals surface area contributed by atoms with Crippen molar-refractivity contribution >= 4 is 23.0 Å². The third kappa shape index (κ3) is 1.70. The number of nitrogens with zero attached hydrogens (tertiary/aromatic N) is 4. The number of anilines is 1. The second-order valence-electron chi connectivity index (χ2n) is 4.67. The van der Waals surface area contributed by atoms with Crippen LogP contribution in [0.3, 0.4) is 0 Å². The van der Waals surface area contributed by atoms with E-state index in [2.05, 4.69) is 15.0 Å². The van der Waals surface area contributed by atoms with Crippen molar-refractivity contribution < 1.29 is 19.0 Å². The maximum atomic E-state index is 14.3. The molecule has 0 bridgehead atoms. The Balaban J connectivity index is 2.04. The minimum absolute atomic E-state index is 0.171. The van der Waals surface area contributed by atoms with Crippen LogP contribution in [0.5, 0.6) is 0 Å². The number of aliphatic carboxylic acids is 1. The van der Waals surface area contributed by atoms with Gasteiger partial charge in [0.05, 0.1) is 6.33 Å². The van der Waals surface area contributed by atoms with E-state index in [4.69, 9.17) is 15.6 Å². The zero-order valence-corrected chi connectivity index (χ0v) is 10.5. The minimum atomic E-state index is -1.48. The van der Waals surface area contributed by atoms with Crippen LogP contribution in [0.1, 0.15) is 13.2 Å². The van der Waals surface area contributed by atoms with Crippen molar-refractivity contribution in [2.24, 2.45) is 5.92 Å². The van der Waals surface area contributed by atoms with Crippen LogP contribution in [0.2, 0.25) is 0 Å². The van der Waals surface area contributed by atoms with E-state index in [1.807, 2.05) is 0 Å². The first-order chi connectivity index (χ1) is 9.50. The summed E-state index contributed by atoms with van der Waals surface area (Å²) in [6.45, 7) is 1.49. The highest BCUT2D eigenvalue weighted by Gasteiger charge is 2.47. The molecule has 20 heavy (non-hydrogen) atoms. The van der Waals surface area contributed by atoms with Gasteiger partial charge in [-0.05, 0) is 0 Å². The first-order valence-electron chi connectivity index (χ1n) is 5.96. The molecule has 0 aromatic carbocycles. The molecule has 0 aliphatic carbocycles. The van der Waals surface area contributed by atoms with Gasteiger partial charge < -0.3 is 15.6 Å². The fourth-order valence-electron chi connectivity index (χ4n) is 2.33. The molecule has 2 aromatic rings. The largest absolute Gasteiger partial charge is 0.479 e. The molecule has 0 radical (unpaired) electrons. The quantitative estimate of drug-likeness (QED) is 0.816. The predicted molar refractivity (Wildman–Crippen MR) is 65.3 cm³/mol. The van der Waals surface area contributed by atoms with E-state index in [-0.39, 0.29) is 5.82 Å². The smallest absolute Gasteiger partial charge is 0.333 e. The molecule has 3 N–H and O–H groups in total. The van der Waals surface area contributed by atoms with Gasteiger partial charge in [-0.1, -0.05) is 6.92 Å². The van der Waals surface area contributed by atoms with Crippen molar-refractivity contribution in [2.75, 3.05) is 5.73 Å². The number of ether oxygens (including phenoxy) is 1. The molecule has 3 heterocycles. The topological polar surface area (TPSA) is 116 Å². The number of alkyl halides is 1. The van der Waals surface area contributed by atoms with Gasteiger partial charge in [-0.25, -0.2) is 24.1 Å². The number of carboxylic acids is 1. The molecule has 2 aromatic heterocycles. The second kappa shape index (κ2) is 4.37. The van der Waals surface area contributed by atoms with Gasteiger partial charge in [0.15, 0.2) is 30.0 Å². The summed E-state index contributed by atoms with van der Waals surface area (Å²) < 4.78 is 20.9. The fraction of sp³-hybridized carbons (Fsp3) is 0.455. The molecule has 0 amide bonds. The maximum absolute atomic E-state index is 14.3. The van der Waals surface area contributed by atoms with Crippen molar-refractivity contribution in [3.8, 4) is 0 Å². The van der Waals surface area contributed by atoms with Crippen LogP contribution in [0, 0.1) is 5.92 Å². The van der Waals surface area contributed by atoms with Gasteiger partial charge in [-0.15, -0.1) is 0 Å². The maximum Gasteiger partial charge on any atom is 0.333 e. The summed E-state index contributed by atoms with van der Waals surface area (Å²) in [5.41, 5.74) is 6.29. The Hall–Kier alpha value is -2.29. The molecule has 0 unspecified atom stereocenters. The number of carbonyl (C=O) groups is 1. The van der Waals surface area contributed by atoms with E-state index in [9.17, 15) is 9.18 Å². The lowest BCUT2D eigenvalue weighted by Gasteiger charge is -2.15. The van der Waals surface area contributed by atoms with Crippen LogP contribution < -0.4 is 5.73 Å². The lowest BCUT2D eigenvalue weighted by molar-refractivity contribution is -0.153. The first kappa shape index (κ1) is 12.7. The molecule has 9 heteroatoms. The van der Waals surface area contributed by atoms with E-state index >= 15 is 0 Å². The first-order valence-corrected chi connectivity index (χ1v) is 5.96. The Kier molecular flexibility index (Phi) is 2.78. The number of hydrogen-bond donors (Lipinski definition) is 2. The summed E-state index contributed by atoms with van der Waals surface area (Å²) in [5, 5.41) is 9.01. The standard InChI is InChI=1S/C11H12FN5O3/c1-4-5(12)10(20-7(4)11(18)19)17-3-16-6-8(13)14-2-15-9(6)17/h2-5,7,10H,1H3,(H,18,19)(H2,13,14,15)/t4-,5+,7-,10+/m0/s1. The van der Waals surface area contributed by atoms with E-state index in [1.54, 1.807) is 0 Å². The van der Waals surface area contributed by atoms with E-state index in [1.165, 1.54) is 24.1 Å². The van der Waals surface area contributed by atoms with Gasteiger partial charge in [-0.3, -0.25) is 4.57 Å². The number of fused-ring (bicyclic) bond motifs is 1. The molecule has 3 rings (SSSR count). The lowest BCUT2D eigenvalue weighted by Crippen LogP contribution is -2.26. The molecular weight excluding hydrogens is 269 g/mol. The van der Waals surface area contributed by atoms with Gasteiger partial charge in [0.25, 0.3) is 0 Å². The summed E-state index contributed by atoms with van der Waals surface area (Å²) in [6, 6.07) is 0. The Morgan fingerprint density at radius 2 is 2.25 bits per heavy atom. The van der Waals surface area contributed by atoms with Crippen LogP contribution in [0.15, 0.2) is 12.7 Å². The summed E-state index contributed by atoms with van der Waals surface area (Å²) in [4.78, 5) is 22.8. The number of aromatic nitrogens is 4. The number of halogens is 1. The van der Waals surface area contributed by atoms with Crippen LogP contribution in [0.25, 0.3) is 11.2 Å². The monoisotopic (exact) mass is 281 g/mol. The van der Waals surface area contributed by atoms with E-state index in [0.29, 0.717) is 11.2 Å². The Morgan fingerprint density at radius 3 is 2.90 bits per heavy atom. The molecule has 106 valence electrons. The highest BCUT2D eigenvalue weighted by Crippen LogP contribution is 2.37. The molecule has 0 saturated carbocycles. The molecule has 1 aliphatic rings. The zero-order valence-electron chi connectivity index (χ0n) is 10.5. The molecule has 8 nitrogen and oxygen atoms in total. The van der Waals surface area contributed by atoms with E-state index < -0.39 is 30.4 Å². The lowest BCUT2D eigenvalue weighted by atomic mass is 10.0. The molecule has 1 aliphatic heterocycles. The number of hydrogen-bond acceptors (Lipinski definition) is 6. The summed E-state index contributed by atoms with van der Waals surface area (Å²) in [5.74, 6) is -1.79. The number of nitrogens with two attached hydrogens (primary N) is 1. The predicted octanol–water partition coefficient (Wildman–Crippen LogP) is 0.365. The SMILES string of the molecule is C[C@H]1[C@@H](F)[C@H](n2cnc3c(N)ncnc32)O[C@@H]1C(=O)O. The summed E-state index contributed by atoms with van der Waals surface area (Å²) in [7, 11) is 0.